The van der Waals surface area contributed by atoms with Crippen LogP contribution in [-0.4, -0.2) is 45.8 Å². The Morgan fingerprint density at radius 1 is 1.11 bits per heavy atom. The van der Waals surface area contributed by atoms with Gasteiger partial charge in [-0.2, -0.15) is 26.3 Å². The third-order valence-electron chi connectivity index (χ3n) is 4.60. The Kier molecular flexibility index (Phi) is 4.73. The summed E-state index contributed by atoms with van der Waals surface area (Å²) in [4.78, 5) is 27.8. The number of fused-ring (bicyclic) bond motifs is 1. The maximum Gasteiger partial charge on any atom is 0.406 e. The monoisotopic (exact) mass is 395 g/mol. The lowest BCUT2D eigenvalue weighted by molar-refractivity contribution is -0.183. The van der Waals surface area contributed by atoms with E-state index in [4.69, 9.17) is 0 Å². The third-order valence-corrected chi connectivity index (χ3v) is 4.60. The van der Waals surface area contributed by atoms with Crippen molar-refractivity contribution in [3.05, 3.63) is 34.2 Å². The highest BCUT2D eigenvalue weighted by Gasteiger charge is 2.41. The summed E-state index contributed by atoms with van der Waals surface area (Å²) < 4.78 is 76.4. The van der Waals surface area contributed by atoms with Crippen molar-refractivity contribution in [1.29, 1.82) is 0 Å². The van der Waals surface area contributed by atoms with Gasteiger partial charge in [-0.1, -0.05) is 0 Å². The number of H-pyrrole nitrogens is 1. The van der Waals surface area contributed by atoms with Gasteiger partial charge in [-0.25, -0.2) is 4.79 Å². The second kappa shape index (κ2) is 6.61. The highest BCUT2D eigenvalue weighted by molar-refractivity contribution is 5.97. The molecule has 1 saturated heterocycles. The van der Waals surface area contributed by atoms with Gasteiger partial charge in [0.15, 0.2) is 0 Å². The number of amides is 1. The molecule has 3 rings (SSSR count). The van der Waals surface area contributed by atoms with Crippen molar-refractivity contribution >= 4 is 16.9 Å². The molecule has 0 spiro atoms. The van der Waals surface area contributed by atoms with Crippen LogP contribution >= 0.6 is 0 Å². The quantitative estimate of drug-likeness (QED) is 0.794. The lowest BCUT2D eigenvalue weighted by Crippen LogP contribution is -2.42. The van der Waals surface area contributed by atoms with Crippen LogP contribution in [0.4, 0.5) is 26.3 Å². The van der Waals surface area contributed by atoms with Crippen LogP contribution in [0.1, 0.15) is 23.2 Å². The summed E-state index contributed by atoms with van der Waals surface area (Å²) in [6.45, 7) is -1.59. The van der Waals surface area contributed by atoms with E-state index in [1.54, 1.807) is 0 Å². The Morgan fingerprint density at radius 2 is 1.74 bits per heavy atom. The summed E-state index contributed by atoms with van der Waals surface area (Å²) in [5, 5.41) is 0. The van der Waals surface area contributed by atoms with E-state index in [0.717, 1.165) is 0 Å². The topological polar surface area (TPSA) is 58.1 Å². The largest absolute Gasteiger partial charge is 0.406 e. The van der Waals surface area contributed by atoms with E-state index >= 15 is 0 Å². The van der Waals surface area contributed by atoms with Crippen LogP contribution in [0.5, 0.6) is 0 Å². The molecule has 1 N–H and O–H groups in total. The van der Waals surface area contributed by atoms with Crippen LogP contribution in [0.3, 0.4) is 0 Å². The second-order valence-electron chi connectivity index (χ2n) is 6.47. The number of carbonyl (C=O) groups is 1. The minimum atomic E-state index is -4.59. The number of aromatic nitrogens is 2. The van der Waals surface area contributed by atoms with Gasteiger partial charge in [-0.15, -0.1) is 0 Å². The number of imidazole rings is 1. The molecule has 0 saturated carbocycles. The summed E-state index contributed by atoms with van der Waals surface area (Å²) in [6, 6.07) is 3.72. The predicted octanol–water partition coefficient (Wildman–Crippen LogP) is 3.31. The minimum Gasteiger partial charge on any atom is -0.339 e. The van der Waals surface area contributed by atoms with Crippen molar-refractivity contribution in [3.8, 4) is 0 Å². The molecule has 0 unspecified atom stereocenters. The first-order valence-corrected chi connectivity index (χ1v) is 8.11. The fourth-order valence-electron chi connectivity index (χ4n) is 3.23. The van der Waals surface area contributed by atoms with Gasteiger partial charge >= 0.3 is 18.0 Å². The van der Waals surface area contributed by atoms with E-state index in [-0.39, 0.29) is 42.5 Å². The number of carbonyl (C=O) groups excluding carboxylic acids is 1. The smallest absolute Gasteiger partial charge is 0.339 e. The molecule has 0 atom stereocenters. The number of likely N-dealkylation sites (tertiary alicyclic amines) is 1. The number of halogens is 6. The molecule has 27 heavy (non-hydrogen) atoms. The van der Waals surface area contributed by atoms with E-state index in [2.05, 4.69) is 4.98 Å². The van der Waals surface area contributed by atoms with Crippen LogP contribution in [0.15, 0.2) is 23.0 Å². The first-order valence-electron chi connectivity index (χ1n) is 8.11. The van der Waals surface area contributed by atoms with Gasteiger partial charge in [0.2, 0.25) is 0 Å². The summed E-state index contributed by atoms with van der Waals surface area (Å²) in [5.74, 6) is -1.97. The highest BCUT2D eigenvalue weighted by atomic mass is 19.4. The molecule has 1 aromatic carbocycles. The summed E-state index contributed by atoms with van der Waals surface area (Å²) in [6.07, 6.45) is -9.28. The average molecular weight is 395 g/mol. The number of piperidine rings is 1. The Bertz CT molecular complexity index is 903. The summed E-state index contributed by atoms with van der Waals surface area (Å²) in [5.41, 5.74) is -0.823. The van der Waals surface area contributed by atoms with Crippen LogP contribution in [0.25, 0.3) is 11.0 Å². The Hall–Kier alpha value is -2.46. The standard InChI is InChI=1S/C16H15F6N3O2/c17-15(18,19)8-25-12-2-1-9(7-11(12)23-14(25)27)13(26)24-5-3-10(4-6-24)16(20,21)22/h1-2,7,10H,3-6,8H2,(H,23,27). The molecule has 1 fully saturated rings. The zero-order valence-corrected chi connectivity index (χ0v) is 13.8. The SMILES string of the molecule is O=C(c1ccc2c(c1)[nH]c(=O)n2CC(F)(F)F)N1CCC(C(F)(F)F)CC1. The number of hydrogen-bond donors (Lipinski definition) is 1. The molecule has 1 amide bonds. The van der Waals surface area contributed by atoms with E-state index in [0.29, 0.717) is 4.57 Å². The Labute approximate surface area is 148 Å². The fraction of sp³-hybridized carbons (Fsp3) is 0.500. The molecule has 11 heteroatoms. The molecule has 0 aliphatic carbocycles. The molecule has 0 radical (unpaired) electrons. The van der Waals surface area contributed by atoms with Crippen LogP contribution in [-0.2, 0) is 6.54 Å². The molecule has 5 nitrogen and oxygen atoms in total. The Balaban J connectivity index is 1.80. The number of alkyl halides is 6. The minimum absolute atomic E-state index is 0.00958. The van der Waals surface area contributed by atoms with Gasteiger partial charge in [-0.05, 0) is 31.0 Å². The second-order valence-corrected chi connectivity index (χ2v) is 6.47. The first-order chi connectivity index (χ1) is 12.5. The predicted molar refractivity (Wildman–Crippen MR) is 83.3 cm³/mol. The number of aromatic amines is 1. The molecule has 1 aliphatic rings. The van der Waals surface area contributed by atoms with Gasteiger partial charge in [0.05, 0.1) is 17.0 Å². The van der Waals surface area contributed by atoms with Crippen LogP contribution in [0.2, 0.25) is 0 Å². The van der Waals surface area contributed by atoms with Gasteiger partial charge in [-0.3, -0.25) is 9.36 Å². The van der Waals surface area contributed by atoms with Crippen LogP contribution < -0.4 is 5.69 Å². The fourth-order valence-corrected chi connectivity index (χ4v) is 3.23. The molecular formula is C16H15F6N3O2. The molecule has 2 aromatic rings. The Morgan fingerprint density at radius 3 is 2.30 bits per heavy atom. The van der Waals surface area contributed by atoms with Crippen molar-refractivity contribution in [3.63, 3.8) is 0 Å². The van der Waals surface area contributed by atoms with E-state index < -0.39 is 36.4 Å². The number of benzene rings is 1. The number of hydrogen-bond acceptors (Lipinski definition) is 2. The maximum atomic E-state index is 12.7. The van der Waals surface area contributed by atoms with Crippen molar-refractivity contribution in [2.75, 3.05) is 13.1 Å². The van der Waals surface area contributed by atoms with Gasteiger partial charge in [0, 0.05) is 18.7 Å². The zero-order chi connectivity index (χ0) is 20.0. The summed E-state index contributed by atoms with van der Waals surface area (Å²) in [7, 11) is 0. The first kappa shape index (κ1) is 19.3. The number of nitrogens with one attached hydrogen (secondary N) is 1. The molecule has 2 heterocycles. The van der Waals surface area contributed by atoms with Crippen molar-refractivity contribution < 1.29 is 31.1 Å². The maximum absolute atomic E-state index is 12.7. The molecule has 0 bridgehead atoms. The van der Waals surface area contributed by atoms with Gasteiger partial charge < -0.3 is 9.88 Å². The highest BCUT2D eigenvalue weighted by Crippen LogP contribution is 2.34. The third kappa shape index (κ3) is 4.11. The van der Waals surface area contributed by atoms with Crippen LogP contribution in [0, 0.1) is 5.92 Å². The lowest BCUT2D eigenvalue weighted by atomic mass is 9.96. The van der Waals surface area contributed by atoms with Gasteiger partial charge in [0.1, 0.15) is 6.54 Å². The summed E-state index contributed by atoms with van der Waals surface area (Å²) >= 11 is 0. The van der Waals surface area contributed by atoms with Crippen molar-refractivity contribution in [2.24, 2.45) is 5.92 Å². The van der Waals surface area contributed by atoms with Gasteiger partial charge in [0.25, 0.3) is 5.91 Å². The number of nitrogens with zero attached hydrogens (tertiary/aromatic N) is 2. The zero-order valence-electron chi connectivity index (χ0n) is 13.8. The molecule has 1 aromatic heterocycles. The molecule has 1 aliphatic heterocycles. The average Bonchev–Trinajstić information content (AvgIpc) is 2.87. The molecule has 148 valence electrons. The normalized spacial score (nSPS) is 16.9. The van der Waals surface area contributed by atoms with E-state index in [1.807, 2.05) is 0 Å². The molecular weight excluding hydrogens is 380 g/mol. The lowest BCUT2D eigenvalue weighted by Gasteiger charge is -2.33. The van der Waals surface area contributed by atoms with Crippen molar-refractivity contribution in [2.45, 2.75) is 31.7 Å². The van der Waals surface area contributed by atoms with Crippen molar-refractivity contribution in [1.82, 2.24) is 14.5 Å². The van der Waals surface area contributed by atoms with E-state index in [1.165, 1.54) is 23.1 Å². The van der Waals surface area contributed by atoms with E-state index in [9.17, 15) is 35.9 Å². The number of rotatable bonds is 2.